The Morgan fingerprint density at radius 3 is 3.06 bits per heavy atom. The molecule has 0 spiro atoms. The van der Waals surface area contributed by atoms with Crippen molar-refractivity contribution in [1.29, 1.82) is 0 Å². The molecule has 1 N–H and O–H groups in total. The average Bonchev–Trinajstić information content (AvgIpc) is 2.37. The summed E-state index contributed by atoms with van der Waals surface area (Å²) in [5.41, 5.74) is 1.07. The molecule has 100 valence electrons. The van der Waals surface area contributed by atoms with Gasteiger partial charge in [0.2, 0.25) is 0 Å². The van der Waals surface area contributed by atoms with Gasteiger partial charge in [-0.15, -0.1) is 0 Å². The lowest BCUT2D eigenvalue weighted by Crippen LogP contribution is -2.43. The highest BCUT2D eigenvalue weighted by molar-refractivity contribution is 9.10. The van der Waals surface area contributed by atoms with Crippen LogP contribution in [0.4, 0.5) is 5.69 Å². The van der Waals surface area contributed by atoms with E-state index in [0.717, 1.165) is 42.2 Å². The van der Waals surface area contributed by atoms with Gasteiger partial charge in [0.05, 0.1) is 24.3 Å². The zero-order chi connectivity index (χ0) is 13.0. The van der Waals surface area contributed by atoms with Crippen molar-refractivity contribution in [3.63, 3.8) is 0 Å². The van der Waals surface area contributed by atoms with E-state index >= 15 is 0 Å². The van der Waals surface area contributed by atoms with Crippen LogP contribution in [-0.2, 0) is 4.74 Å². The van der Waals surface area contributed by atoms with Gasteiger partial charge in [0, 0.05) is 25.3 Å². The van der Waals surface area contributed by atoms with Crippen molar-refractivity contribution in [2.24, 2.45) is 0 Å². The van der Waals surface area contributed by atoms with Crippen LogP contribution in [0.15, 0.2) is 22.7 Å². The molecular weight excluding hydrogens is 296 g/mol. The number of anilines is 1. The van der Waals surface area contributed by atoms with E-state index in [-0.39, 0.29) is 6.10 Å². The van der Waals surface area contributed by atoms with Gasteiger partial charge < -0.3 is 19.7 Å². The van der Waals surface area contributed by atoms with E-state index in [0.29, 0.717) is 0 Å². The Balaban J connectivity index is 1.88. The summed E-state index contributed by atoms with van der Waals surface area (Å²) in [5.74, 6) is 0.842. The van der Waals surface area contributed by atoms with Crippen molar-refractivity contribution in [2.45, 2.75) is 6.10 Å². The number of nitrogens with zero attached hydrogens (tertiary/aromatic N) is 1. The molecule has 1 aromatic rings. The Morgan fingerprint density at radius 1 is 1.56 bits per heavy atom. The number of methoxy groups -OCH3 is 1. The summed E-state index contributed by atoms with van der Waals surface area (Å²) in [6, 6.07) is 5.97. The van der Waals surface area contributed by atoms with Gasteiger partial charge in [-0.2, -0.15) is 0 Å². The third kappa shape index (κ3) is 3.60. The standard InChI is InChI=1S/C13H19BrN2O2/c1-16-5-6-18-11(9-16)8-15-10-3-4-13(17-2)12(14)7-10/h3-4,7,11,15H,5-6,8-9H2,1-2H3. The molecule has 1 saturated heterocycles. The number of morpholine rings is 1. The topological polar surface area (TPSA) is 33.7 Å². The van der Waals surface area contributed by atoms with Crippen molar-refractivity contribution >= 4 is 21.6 Å². The highest BCUT2D eigenvalue weighted by atomic mass is 79.9. The highest BCUT2D eigenvalue weighted by Gasteiger charge is 2.17. The molecule has 1 unspecified atom stereocenters. The van der Waals surface area contributed by atoms with Crippen molar-refractivity contribution in [3.8, 4) is 5.75 Å². The van der Waals surface area contributed by atoms with Crippen LogP contribution in [0.25, 0.3) is 0 Å². The maximum atomic E-state index is 5.70. The quantitative estimate of drug-likeness (QED) is 0.924. The average molecular weight is 315 g/mol. The third-order valence-corrected chi connectivity index (χ3v) is 3.65. The molecule has 1 heterocycles. The highest BCUT2D eigenvalue weighted by Crippen LogP contribution is 2.27. The number of rotatable bonds is 4. The number of halogens is 1. The Morgan fingerprint density at radius 2 is 2.39 bits per heavy atom. The van der Waals surface area contributed by atoms with Gasteiger partial charge in [-0.05, 0) is 41.2 Å². The second-order valence-electron chi connectivity index (χ2n) is 4.49. The van der Waals surface area contributed by atoms with Gasteiger partial charge in [0.15, 0.2) is 0 Å². The summed E-state index contributed by atoms with van der Waals surface area (Å²) in [7, 11) is 3.79. The number of ether oxygens (including phenoxy) is 2. The van der Waals surface area contributed by atoms with Crippen molar-refractivity contribution < 1.29 is 9.47 Å². The smallest absolute Gasteiger partial charge is 0.133 e. The third-order valence-electron chi connectivity index (χ3n) is 3.03. The number of nitrogens with one attached hydrogen (secondary N) is 1. The van der Waals surface area contributed by atoms with Crippen LogP contribution in [0, 0.1) is 0 Å². The molecule has 0 aliphatic carbocycles. The van der Waals surface area contributed by atoms with E-state index < -0.39 is 0 Å². The second-order valence-corrected chi connectivity index (χ2v) is 5.34. The lowest BCUT2D eigenvalue weighted by Gasteiger charge is -2.30. The number of hydrogen-bond donors (Lipinski definition) is 1. The minimum absolute atomic E-state index is 0.254. The summed E-state index contributed by atoms with van der Waals surface area (Å²) in [6.07, 6.45) is 0.254. The maximum absolute atomic E-state index is 5.70. The van der Waals surface area contributed by atoms with Crippen LogP contribution >= 0.6 is 15.9 Å². The zero-order valence-electron chi connectivity index (χ0n) is 10.8. The molecule has 4 nitrogen and oxygen atoms in total. The molecule has 1 atom stereocenters. The first kappa shape index (κ1) is 13.6. The lowest BCUT2D eigenvalue weighted by atomic mass is 10.2. The molecule has 5 heteroatoms. The zero-order valence-corrected chi connectivity index (χ0v) is 12.4. The molecule has 0 amide bonds. The fourth-order valence-electron chi connectivity index (χ4n) is 2.00. The predicted octanol–water partition coefficient (Wildman–Crippen LogP) is 2.20. The van der Waals surface area contributed by atoms with E-state index in [4.69, 9.17) is 9.47 Å². The van der Waals surface area contributed by atoms with Crippen LogP contribution in [0.1, 0.15) is 0 Å². The van der Waals surface area contributed by atoms with E-state index in [9.17, 15) is 0 Å². The first-order chi connectivity index (χ1) is 8.69. The minimum atomic E-state index is 0.254. The molecule has 1 fully saturated rings. The normalized spacial score (nSPS) is 20.7. The van der Waals surface area contributed by atoms with Gasteiger partial charge in [-0.25, -0.2) is 0 Å². The minimum Gasteiger partial charge on any atom is -0.496 e. The molecule has 0 radical (unpaired) electrons. The van der Waals surface area contributed by atoms with Gasteiger partial charge in [0.1, 0.15) is 5.75 Å². The van der Waals surface area contributed by atoms with Gasteiger partial charge in [-0.3, -0.25) is 0 Å². The van der Waals surface area contributed by atoms with Crippen molar-refractivity contribution in [3.05, 3.63) is 22.7 Å². The Hall–Kier alpha value is -0.780. The summed E-state index contributed by atoms with van der Waals surface area (Å²) in [4.78, 5) is 2.29. The summed E-state index contributed by atoms with van der Waals surface area (Å²) < 4.78 is 11.9. The maximum Gasteiger partial charge on any atom is 0.133 e. The molecule has 2 rings (SSSR count). The summed E-state index contributed by atoms with van der Waals surface area (Å²) in [5, 5.41) is 3.39. The van der Waals surface area contributed by atoms with Gasteiger partial charge >= 0.3 is 0 Å². The molecule has 1 aromatic carbocycles. The van der Waals surface area contributed by atoms with E-state index in [2.05, 4.69) is 33.2 Å². The predicted molar refractivity (Wildman–Crippen MR) is 76.4 cm³/mol. The first-order valence-corrected chi connectivity index (χ1v) is 6.86. The Kier molecular flexibility index (Phi) is 4.86. The number of hydrogen-bond acceptors (Lipinski definition) is 4. The van der Waals surface area contributed by atoms with Gasteiger partial charge in [-0.1, -0.05) is 0 Å². The summed E-state index contributed by atoms with van der Waals surface area (Å²) in [6.45, 7) is 3.63. The summed E-state index contributed by atoms with van der Waals surface area (Å²) >= 11 is 3.48. The van der Waals surface area contributed by atoms with Gasteiger partial charge in [0.25, 0.3) is 0 Å². The van der Waals surface area contributed by atoms with Crippen LogP contribution < -0.4 is 10.1 Å². The molecule has 1 aliphatic heterocycles. The van der Waals surface area contributed by atoms with Crippen LogP contribution in [0.3, 0.4) is 0 Å². The monoisotopic (exact) mass is 314 g/mol. The second kappa shape index (κ2) is 6.41. The van der Waals surface area contributed by atoms with E-state index in [1.807, 2.05) is 18.2 Å². The van der Waals surface area contributed by atoms with Crippen LogP contribution in [0.5, 0.6) is 5.75 Å². The molecular formula is C13H19BrN2O2. The fourth-order valence-corrected chi connectivity index (χ4v) is 2.54. The van der Waals surface area contributed by atoms with Crippen LogP contribution in [-0.4, -0.2) is 51.4 Å². The number of benzene rings is 1. The SMILES string of the molecule is COc1ccc(NCC2CN(C)CCO2)cc1Br. The Labute approximate surface area is 116 Å². The van der Waals surface area contributed by atoms with E-state index in [1.54, 1.807) is 7.11 Å². The molecule has 0 bridgehead atoms. The van der Waals surface area contributed by atoms with E-state index in [1.165, 1.54) is 0 Å². The molecule has 1 aliphatic rings. The van der Waals surface area contributed by atoms with Crippen LogP contribution in [0.2, 0.25) is 0 Å². The molecule has 18 heavy (non-hydrogen) atoms. The molecule has 0 aromatic heterocycles. The molecule has 0 saturated carbocycles. The lowest BCUT2D eigenvalue weighted by molar-refractivity contribution is -0.0117. The first-order valence-electron chi connectivity index (χ1n) is 6.06. The largest absolute Gasteiger partial charge is 0.496 e. The number of likely N-dealkylation sites (N-methyl/N-ethyl adjacent to an activating group) is 1. The van der Waals surface area contributed by atoms with Crippen molar-refractivity contribution in [2.75, 3.05) is 45.7 Å². The fraction of sp³-hybridized carbons (Fsp3) is 0.538. The van der Waals surface area contributed by atoms with Crippen molar-refractivity contribution in [1.82, 2.24) is 4.90 Å². The Bertz CT molecular complexity index is 401.